The van der Waals surface area contributed by atoms with Gasteiger partial charge in [0.05, 0.1) is 17.8 Å². The molecule has 0 aromatic carbocycles. The number of rotatable bonds is 0. The first-order valence-electron chi connectivity index (χ1n) is 6.86. The molecule has 0 saturated carbocycles. The van der Waals surface area contributed by atoms with Crippen LogP contribution in [0.25, 0.3) is 0 Å². The summed E-state index contributed by atoms with van der Waals surface area (Å²) in [6, 6.07) is 0. The molecule has 17 heavy (non-hydrogen) atoms. The molecule has 0 aromatic heterocycles. The van der Waals surface area contributed by atoms with E-state index in [2.05, 4.69) is 19.1 Å². The zero-order valence-electron chi connectivity index (χ0n) is 10.6. The normalized spacial score (nSPS) is 48.4. The van der Waals surface area contributed by atoms with Gasteiger partial charge in [-0.3, -0.25) is 0 Å². The van der Waals surface area contributed by atoms with E-state index < -0.39 is 0 Å². The quantitative estimate of drug-likeness (QED) is 0.607. The Hall–Kier alpha value is -0.380. The Morgan fingerprint density at radius 1 is 1.18 bits per heavy atom. The number of fused-ring (bicyclic) bond motifs is 2. The molecule has 2 saturated heterocycles. The first-order chi connectivity index (χ1) is 8.28. The van der Waals surface area contributed by atoms with Crippen molar-refractivity contribution >= 4 is 0 Å². The van der Waals surface area contributed by atoms with Gasteiger partial charge in [0, 0.05) is 13.2 Å². The zero-order chi connectivity index (χ0) is 11.7. The molecule has 96 valence electrons. The van der Waals surface area contributed by atoms with Crippen molar-refractivity contribution in [2.75, 3.05) is 13.2 Å². The lowest BCUT2D eigenvalue weighted by molar-refractivity contribution is -0.207. The molecule has 4 atom stereocenters. The van der Waals surface area contributed by atoms with E-state index in [0.717, 1.165) is 45.3 Å². The summed E-state index contributed by atoms with van der Waals surface area (Å²) in [5.41, 5.74) is -0.128. The summed E-state index contributed by atoms with van der Waals surface area (Å²) in [5, 5.41) is 0. The monoisotopic (exact) mass is 238 g/mol. The van der Waals surface area contributed by atoms with Gasteiger partial charge < -0.3 is 14.2 Å². The maximum Gasteiger partial charge on any atom is 0.102 e. The second-order valence-electron chi connectivity index (χ2n) is 5.58. The zero-order valence-corrected chi connectivity index (χ0v) is 10.6. The lowest BCUT2D eigenvalue weighted by Crippen LogP contribution is -2.51. The van der Waals surface area contributed by atoms with Crippen LogP contribution in [-0.2, 0) is 14.2 Å². The van der Waals surface area contributed by atoms with Crippen molar-refractivity contribution in [3.05, 3.63) is 12.2 Å². The Labute approximate surface area is 103 Å². The molecule has 0 radical (unpaired) electrons. The average molecular weight is 238 g/mol. The van der Waals surface area contributed by atoms with E-state index in [4.69, 9.17) is 14.2 Å². The number of hydrogen-bond acceptors (Lipinski definition) is 3. The molecule has 3 heteroatoms. The molecular formula is C14H22O3. The van der Waals surface area contributed by atoms with Crippen molar-refractivity contribution in [3.63, 3.8) is 0 Å². The van der Waals surface area contributed by atoms with Gasteiger partial charge in [-0.2, -0.15) is 0 Å². The molecule has 3 heterocycles. The van der Waals surface area contributed by atoms with Crippen LogP contribution < -0.4 is 0 Å². The number of ether oxygens (including phenoxy) is 3. The van der Waals surface area contributed by atoms with Gasteiger partial charge in [-0.15, -0.1) is 0 Å². The van der Waals surface area contributed by atoms with Gasteiger partial charge in [-0.1, -0.05) is 12.2 Å². The predicted octanol–water partition coefficient (Wildman–Crippen LogP) is 2.45. The Kier molecular flexibility index (Phi) is 3.24. The van der Waals surface area contributed by atoms with E-state index in [0.29, 0.717) is 0 Å². The highest BCUT2D eigenvalue weighted by Gasteiger charge is 2.41. The third-order valence-electron chi connectivity index (χ3n) is 4.22. The fourth-order valence-corrected chi connectivity index (χ4v) is 3.12. The molecule has 3 rings (SSSR count). The highest BCUT2D eigenvalue weighted by Crippen LogP contribution is 2.35. The van der Waals surface area contributed by atoms with Gasteiger partial charge in [0.1, 0.15) is 6.10 Å². The van der Waals surface area contributed by atoms with Gasteiger partial charge in [-0.05, 0) is 39.0 Å². The molecule has 2 fully saturated rings. The van der Waals surface area contributed by atoms with Crippen LogP contribution in [-0.4, -0.2) is 37.1 Å². The molecular weight excluding hydrogens is 216 g/mol. The van der Waals surface area contributed by atoms with Crippen LogP contribution in [0.2, 0.25) is 0 Å². The fourth-order valence-electron chi connectivity index (χ4n) is 3.12. The topological polar surface area (TPSA) is 27.7 Å². The maximum absolute atomic E-state index is 6.30. The molecule has 0 aliphatic carbocycles. The van der Waals surface area contributed by atoms with Gasteiger partial charge in [0.25, 0.3) is 0 Å². The summed E-state index contributed by atoms with van der Waals surface area (Å²) in [6.07, 6.45) is 10.4. The molecule has 3 aliphatic heterocycles. The Morgan fingerprint density at radius 2 is 2.06 bits per heavy atom. The SMILES string of the molecule is C[C@]12C/C=C\[C@H]3OCCC[C@H]3O[C@@H]1CCCO2. The van der Waals surface area contributed by atoms with Crippen molar-refractivity contribution in [2.45, 2.75) is 62.9 Å². The van der Waals surface area contributed by atoms with E-state index in [1.807, 2.05) is 0 Å². The van der Waals surface area contributed by atoms with Crippen molar-refractivity contribution < 1.29 is 14.2 Å². The van der Waals surface area contributed by atoms with Crippen LogP contribution in [0.3, 0.4) is 0 Å². The molecule has 0 bridgehead atoms. The first-order valence-corrected chi connectivity index (χ1v) is 6.86. The highest BCUT2D eigenvalue weighted by molar-refractivity contribution is 5.04. The minimum atomic E-state index is -0.128. The third kappa shape index (κ3) is 2.28. The van der Waals surface area contributed by atoms with E-state index in [9.17, 15) is 0 Å². The summed E-state index contributed by atoms with van der Waals surface area (Å²) < 4.78 is 18.0. The summed E-state index contributed by atoms with van der Waals surface area (Å²) in [7, 11) is 0. The van der Waals surface area contributed by atoms with E-state index in [1.165, 1.54) is 0 Å². The fraction of sp³-hybridized carbons (Fsp3) is 0.857. The standard InChI is InChI=1S/C14H22O3/c1-14-8-2-5-11-12(6-3-9-15-11)17-13(14)7-4-10-16-14/h2,5,11-13H,3-4,6-10H2,1H3/b5-2-/t11-,12-,13-,14+/m1/s1. The van der Waals surface area contributed by atoms with Gasteiger partial charge in [-0.25, -0.2) is 0 Å². The van der Waals surface area contributed by atoms with Gasteiger partial charge in [0.2, 0.25) is 0 Å². The van der Waals surface area contributed by atoms with Crippen LogP contribution >= 0.6 is 0 Å². The van der Waals surface area contributed by atoms with Crippen LogP contribution in [0.4, 0.5) is 0 Å². The van der Waals surface area contributed by atoms with Crippen LogP contribution in [0.15, 0.2) is 12.2 Å². The average Bonchev–Trinajstić information content (AvgIpc) is 2.32. The van der Waals surface area contributed by atoms with Crippen molar-refractivity contribution in [2.24, 2.45) is 0 Å². The Morgan fingerprint density at radius 3 is 3.00 bits per heavy atom. The molecule has 3 nitrogen and oxygen atoms in total. The molecule has 0 aromatic rings. The van der Waals surface area contributed by atoms with Crippen molar-refractivity contribution in [3.8, 4) is 0 Å². The largest absolute Gasteiger partial charge is 0.372 e. The molecule has 0 spiro atoms. The molecule has 0 unspecified atom stereocenters. The van der Waals surface area contributed by atoms with Crippen LogP contribution in [0.1, 0.15) is 39.0 Å². The summed E-state index contributed by atoms with van der Waals surface area (Å²) >= 11 is 0. The molecule has 0 amide bonds. The van der Waals surface area contributed by atoms with E-state index >= 15 is 0 Å². The minimum absolute atomic E-state index is 0.128. The third-order valence-corrected chi connectivity index (χ3v) is 4.22. The number of hydrogen-bond donors (Lipinski definition) is 0. The summed E-state index contributed by atoms with van der Waals surface area (Å²) in [4.78, 5) is 0. The van der Waals surface area contributed by atoms with Gasteiger partial charge >= 0.3 is 0 Å². The lowest BCUT2D eigenvalue weighted by Gasteiger charge is -2.45. The van der Waals surface area contributed by atoms with E-state index in [1.54, 1.807) is 0 Å². The summed E-state index contributed by atoms with van der Waals surface area (Å²) in [5.74, 6) is 0. The van der Waals surface area contributed by atoms with Gasteiger partial charge in [0.15, 0.2) is 0 Å². The Balaban J connectivity index is 1.80. The highest BCUT2D eigenvalue weighted by atomic mass is 16.6. The second kappa shape index (κ2) is 4.71. The second-order valence-corrected chi connectivity index (χ2v) is 5.58. The lowest BCUT2D eigenvalue weighted by atomic mass is 9.87. The first kappa shape index (κ1) is 11.7. The minimum Gasteiger partial charge on any atom is -0.372 e. The smallest absolute Gasteiger partial charge is 0.102 e. The van der Waals surface area contributed by atoms with Crippen LogP contribution in [0, 0.1) is 0 Å². The van der Waals surface area contributed by atoms with Crippen molar-refractivity contribution in [1.82, 2.24) is 0 Å². The summed E-state index contributed by atoms with van der Waals surface area (Å²) in [6.45, 7) is 3.92. The van der Waals surface area contributed by atoms with Crippen molar-refractivity contribution in [1.29, 1.82) is 0 Å². The van der Waals surface area contributed by atoms with Crippen LogP contribution in [0.5, 0.6) is 0 Å². The predicted molar refractivity (Wildman–Crippen MR) is 65.0 cm³/mol. The van der Waals surface area contributed by atoms with E-state index in [-0.39, 0.29) is 23.9 Å². The molecule has 3 aliphatic rings. The maximum atomic E-state index is 6.30. The Bertz CT molecular complexity index is 302. The molecule has 0 N–H and O–H groups in total.